The van der Waals surface area contributed by atoms with Gasteiger partial charge in [-0.2, -0.15) is 0 Å². The second kappa shape index (κ2) is 10.1. The molecule has 25 heavy (non-hydrogen) atoms. The number of hydrogen-bond acceptors (Lipinski definition) is 3. The van der Waals surface area contributed by atoms with Crippen molar-refractivity contribution in [2.45, 2.75) is 39.5 Å². The third-order valence-electron chi connectivity index (χ3n) is 4.12. The molecule has 0 saturated heterocycles. The monoisotopic (exact) mass is 472 g/mol. The lowest BCUT2D eigenvalue weighted by atomic mass is 9.85. The first-order valence-corrected chi connectivity index (χ1v) is 9.17. The lowest BCUT2D eigenvalue weighted by molar-refractivity contribution is 0.509. The maximum Gasteiger partial charge on any atom is 0.191 e. The highest BCUT2D eigenvalue weighted by Gasteiger charge is 2.20. The molecule has 0 spiro atoms. The Morgan fingerprint density at radius 1 is 1.16 bits per heavy atom. The van der Waals surface area contributed by atoms with Gasteiger partial charge in [-0.15, -0.1) is 35.3 Å². The Kier molecular flexibility index (Phi) is 8.85. The number of thiazole rings is 1. The van der Waals surface area contributed by atoms with Crippen molar-refractivity contribution >= 4 is 41.3 Å². The predicted octanol–water partition coefficient (Wildman–Crippen LogP) is 4.06. The van der Waals surface area contributed by atoms with E-state index in [2.05, 4.69) is 78.6 Å². The fraction of sp³-hybridized carbons (Fsp3) is 0.474. The van der Waals surface area contributed by atoms with Gasteiger partial charge in [-0.05, 0) is 19.4 Å². The number of aryl methyl sites for hydroxylation is 2. The van der Waals surface area contributed by atoms with Crippen molar-refractivity contribution in [2.75, 3.05) is 20.1 Å². The summed E-state index contributed by atoms with van der Waals surface area (Å²) < 4.78 is 0. The van der Waals surface area contributed by atoms with Crippen LogP contribution in [0.15, 0.2) is 35.3 Å². The molecule has 0 amide bonds. The standard InChI is InChI=1S/C19H28N4S.HI/c1-14-17(24-15(2)23-14)11-12-21-18(20-5)22-13-19(3,4)16-9-7-6-8-10-16;/h6-10H,11-13H2,1-5H3,(H2,20,21,22);1H. The number of aromatic nitrogens is 1. The number of rotatable bonds is 6. The van der Waals surface area contributed by atoms with Gasteiger partial charge >= 0.3 is 0 Å². The molecule has 0 fully saturated rings. The summed E-state index contributed by atoms with van der Waals surface area (Å²) in [5.74, 6) is 0.845. The van der Waals surface area contributed by atoms with Crippen LogP contribution in [-0.2, 0) is 11.8 Å². The molecule has 2 rings (SSSR count). The minimum absolute atomic E-state index is 0. The van der Waals surface area contributed by atoms with Crippen LogP contribution in [0.1, 0.15) is 35.0 Å². The Morgan fingerprint density at radius 3 is 2.40 bits per heavy atom. The summed E-state index contributed by atoms with van der Waals surface area (Å²) in [7, 11) is 1.81. The molecule has 2 N–H and O–H groups in total. The van der Waals surface area contributed by atoms with E-state index in [4.69, 9.17) is 0 Å². The maximum absolute atomic E-state index is 4.48. The molecule has 6 heteroatoms. The van der Waals surface area contributed by atoms with Gasteiger partial charge in [-0.3, -0.25) is 4.99 Å². The van der Waals surface area contributed by atoms with Crippen LogP contribution in [0.5, 0.6) is 0 Å². The van der Waals surface area contributed by atoms with Crippen molar-refractivity contribution in [3.63, 3.8) is 0 Å². The first kappa shape index (κ1) is 21.9. The third kappa shape index (κ3) is 6.58. The number of nitrogens with zero attached hydrogens (tertiary/aromatic N) is 2. The van der Waals surface area contributed by atoms with E-state index in [9.17, 15) is 0 Å². The second-order valence-electron chi connectivity index (χ2n) is 6.59. The zero-order chi connectivity index (χ0) is 17.6. The molecule has 0 aliphatic carbocycles. The first-order valence-electron chi connectivity index (χ1n) is 8.35. The van der Waals surface area contributed by atoms with E-state index in [-0.39, 0.29) is 29.4 Å². The van der Waals surface area contributed by atoms with Gasteiger partial charge in [-0.25, -0.2) is 4.98 Å². The van der Waals surface area contributed by atoms with Crippen LogP contribution in [0.4, 0.5) is 0 Å². The van der Waals surface area contributed by atoms with E-state index < -0.39 is 0 Å². The molecule has 0 saturated carbocycles. The van der Waals surface area contributed by atoms with Gasteiger partial charge in [-0.1, -0.05) is 44.2 Å². The topological polar surface area (TPSA) is 49.3 Å². The van der Waals surface area contributed by atoms with Crippen LogP contribution in [0, 0.1) is 13.8 Å². The Balaban J connectivity index is 0.00000312. The van der Waals surface area contributed by atoms with E-state index in [0.29, 0.717) is 0 Å². The normalized spacial score (nSPS) is 11.8. The van der Waals surface area contributed by atoms with Crippen LogP contribution in [0.2, 0.25) is 0 Å². The van der Waals surface area contributed by atoms with Crippen molar-refractivity contribution in [3.8, 4) is 0 Å². The van der Waals surface area contributed by atoms with Gasteiger partial charge in [0.1, 0.15) is 0 Å². The Hall–Kier alpha value is -1.15. The summed E-state index contributed by atoms with van der Waals surface area (Å²) in [6.45, 7) is 10.3. The predicted molar refractivity (Wildman–Crippen MR) is 120 cm³/mol. The molecule has 1 aromatic heterocycles. The fourth-order valence-corrected chi connectivity index (χ4v) is 3.55. The number of hydrogen-bond donors (Lipinski definition) is 2. The summed E-state index contributed by atoms with van der Waals surface area (Å²) in [4.78, 5) is 10.1. The highest BCUT2D eigenvalue weighted by molar-refractivity contribution is 14.0. The van der Waals surface area contributed by atoms with E-state index in [1.165, 1.54) is 10.4 Å². The summed E-state index contributed by atoms with van der Waals surface area (Å²) in [5, 5.41) is 7.97. The number of aliphatic imine (C=N–C) groups is 1. The molecule has 0 radical (unpaired) electrons. The lowest BCUT2D eigenvalue weighted by Crippen LogP contribution is -2.44. The molecule has 2 aromatic rings. The smallest absolute Gasteiger partial charge is 0.191 e. The van der Waals surface area contributed by atoms with Crippen LogP contribution >= 0.6 is 35.3 Å². The number of halogens is 1. The summed E-state index contributed by atoms with van der Waals surface area (Å²) in [5.41, 5.74) is 2.51. The molecule has 0 aliphatic heterocycles. The van der Waals surface area contributed by atoms with Crippen molar-refractivity contribution in [2.24, 2.45) is 4.99 Å². The minimum Gasteiger partial charge on any atom is -0.356 e. The number of nitrogens with one attached hydrogen (secondary N) is 2. The molecule has 0 aliphatic rings. The van der Waals surface area contributed by atoms with Crippen LogP contribution in [0.25, 0.3) is 0 Å². The Bertz CT molecular complexity index is 680. The number of benzene rings is 1. The minimum atomic E-state index is 0. The number of guanidine groups is 1. The first-order chi connectivity index (χ1) is 11.4. The van der Waals surface area contributed by atoms with Gasteiger partial charge in [0.15, 0.2) is 5.96 Å². The molecule has 0 unspecified atom stereocenters. The molecule has 0 atom stereocenters. The molecular formula is C19H29IN4S. The average Bonchev–Trinajstić information content (AvgIpc) is 2.89. The van der Waals surface area contributed by atoms with Crippen LogP contribution in [-0.4, -0.2) is 31.1 Å². The molecular weight excluding hydrogens is 443 g/mol. The van der Waals surface area contributed by atoms with E-state index in [1.807, 2.05) is 7.05 Å². The third-order valence-corrected chi connectivity index (χ3v) is 5.25. The largest absolute Gasteiger partial charge is 0.356 e. The lowest BCUT2D eigenvalue weighted by Gasteiger charge is -2.26. The Morgan fingerprint density at radius 2 is 1.84 bits per heavy atom. The Labute approximate surface area is 172 Å². The van der Waals surface area contributed by atoms with Crippen molar-refractivity contribution in [3.05, 3.63) is 51.5 Å². The van der Waals surface area contributed by atoms with Gasteiger partial charge in [0, 0.05) is 36.9 Å². The summed E-state index contributed by atoms with van der Waals surface area (Å²) >= 11 is 1.78. The summed E-state index contributed by atoms with van der Waals surface area (Å²) in [6.07, 6.45) is 0.972. The van der Waals surface area contributed by atoms with Gasteiger partial charge in [0.2, 0.25) is 0 Å². The highest BCUT2D eigenvalue weighted by Crippen LogP contribution is 2.21. The average molecular weight is 472 g/mol. The zero-order valence-corrected chi connectivity index (χ0v) is 18.9. The van der Waals surface area contributed by atoms with Crippen LogP contribution < -0.4 is 10.6 Å². The van der Waals surface area contributed by atoms with E-state index in [0.717, 1.165) is 36.2 Å². The van der Waals surface area contributed by atoms with Gasteiger partial charge in [0.05, 0.1) is 10.7 Å². The van der Waals surface area contributed by atoms with Crippen molar-refractivity contribution < 1.29 is 0 Å². The van der Waals surface area contributed by atoms with Crippen molar-refractivity contribution in [1.82, 2.24) is 15.6 Å². The maximum atomic E-state index is 4.48. The van der Waals surface area contributed by atoms with E-state index >= 15 is 0 Å². The van der Waals surface area contributed by atoms with Gasteiger partial charge in [0.25, 0.3) is 0 Å². The zero-order valence-electron chi connectivity index (χ0n) is 15.7. The molecule has 1 aromatic carbocycles. The van der Waals surface area contributed by atoms with Crippen molar-refractivity contribution in [1.29, 1.82) is 0 Å². The van der Waals surface area contributed by atoms with Crippen LogP contribution in [0.3, 0.4) is 0 Å². The molecule has 1 heterocycles. The molecule has 0 bridgehead atoms. The fourth-order valence-electron chi connectivity index (χ4n) is 2.62. The van der Waals surface area contributed by atoms with Gasteiger partial charge < -0.3 is 10.6 Å². The SMILES string of the molecule is CN=C(NCCc1sc(C)nc1C)NCC(C)(C)c1ccccc1.I. The quantitative estimate of drug-likeness (QED) is 0.379. The molecule has 4 nitrogen and oxygen atoms in total. The second-order valence-corrected chi connectivity index (χ2v) is 7.88. The highest BCUT2D eigenvalue weighted by atomic mass is 127. The summed E-state index contributed by atoms with van der Waals surface area (Å²) in [6, 6.07) is 10.6. The van der Waals surface area contributed by atoms with E-state index in [1.54, 1.807) is 11.3 Å². The molecule has 138 valence electrons.